The van der Waals surface area contributed by atoms with Crippen molar-refractivity contribution < 1.29 is 4.39 Å². The summed E-state index contributed by atoms with van der Waals surface area (Å²) >= 11 is 0. The van der Waals surface area contributed by atoms with E-state index in [9.17, 15) is 4.39 Å². The summed E-state index contributed by atoms with van der Waals surface area (Å²) in [5, 5.41) is 3.56. The van der Waals surface area contributed by atoms with Crippen molar-refractivity contribution in [3.8, 4) is 0 Å². The van der Waals surface area contributed by atoms with Crippen LogP contribution in [0.15, 0.2) is 18.5 Å². The number of nitrogens with one attached hydrogen (secondary N) is 1. The van der Waals surface area contributed by atoms with E-state index in [2.05, 4.69) is 49.8 Å². The molecular weight excluding hydrogens is 265 g/mol. The number of rotatable bonds is 9. The van der Waals surface area contributed by atoms with E-state index in [1.165, 1.54) is 6.20 Å². The molecule has 0 radical (unpaired) electrons. The van der Waals surface area contributed by atoms with Crippen molar-refractivity contribution in [2.24, 2.45) is 0 Å². The molecule has 0 spiro atoms. The van der Waals surface area contributed by atoms with E-state index in [-0.39, 0.29) is 17.4 Å². The minimum atomic E-state index is -0.224. The Hall–Kier alpha value is -1.00. The first-order valence-electron chi connectivity index (χ1n) is 8.12. The van der Waals surface area contributed by atoms with Crippen molar-refractivity contribution in [1.82, 2.24) is 15.2 Å². The molecule has 4 heteroatoms. The first-order valence-corrected chi connectivity index (χ1v) is 8.12. The number of aromatic nitrogens is 1. The van der Waals surface area contributed by atoms with Crippen LogP contribution in [0, 0.1) is 5.82 Å². The van der Waals surface area contributed by atoms with E-state index < -0.39 is 0 Å². The second-order valence-corrected chi connectivity index (χ2v) is 5.67. The molecule has 0 aliphatic rings. The Balaban J connectivity index is 3.24. The van der Waals surface area contributed by atoms with Crippen molar-refractivity contribution in [1.29, 1.82) is 0 Å². The fraction of sp³-hybridized carbons (Fsp3) is 0.706. The van der Waals surface area contributed by atoms with Gasteiger partial charge in [-0.15, -0.1) is 0 Å². The summed E-state index contributed by atoms with van der Waals surface area (Å²) in [7, 11) is 0. The minimum Gasteiger partial charge on any atom is -0.308 e. The SMILES string of the molecule is CCCNC(c1ccncc1F)C(C)(CC)N(CC)CC. The van der Waals surface area contributed by atoms with Crippen molar-refractivity contribution in [2.45, 2.75) is 59.0 Å². The molecule has 1 heterocycles. The molecule has 0 amide bonds. The Kier molecular flexibility index (Phi) is 7.26. The summed E-state index contributed by atoms with van der Waals surface area (Å²) in [6.45, 7) is 13.7. The Morgan fingerprint density at radius 3 is 2.43 bits per heavy atom. The fourth-order valence-corrected chi connectivity index (χ4v) is 3.13. The first-order chi connectivity index (χ1) is 10.0. The second kappa shape index (κ2) is 8.44. The van der Waals surface area contributed by atoms with Gasteiger partial charge in [-0.1, -0.05) is 27.7 Å². The molecule has 3 nitrogen and oxygen atoms in total. The fourth-order valence-electron chi connectivity index (χ4n) is 3.13. The van der Waals surface area contributed by atoms with E-state index in [0.717, 1.165) is 38.0 Å². The molecule has 1 aromatic rings. The summed E-state index contributed by atoms with van der Waals surface area (Å²) in [6.07, 6.45) is 4.98. The first kappa shape index (κ1) is 18.1. The lowest BCUT2D eigenvalue weighted by Gasteiger charge is -2.46. The Morgan fingerprint density at radius 2 is 1.95 bits per heavy atom. The lowest BCUT2D eigenvalue weighted by Crippen LogP contribution is -2.54. The average Bonchev–Trinajstić information content (AvgIpc) is 2.50. The second-order valence-electron chi connectivity index (χ2n) is 5.67. The van der Waals surface area contributed by atoms with Gasteiger partial charge in [-0.05, 0) is 45.5 Å². The molecule has 1 aromatic heterocycles. The van der Waals surface area contributed by atoms with Gasteiger partial charge >= 0.3 is 0 Å². The molecule has 0 saturated carbocycles. The van der Waals surface area contributed by atoms with Crippen LogP contribution in [0.1, 0.15) is 59.1 Å². The van der Waals surface area contributed by atoms with E-state index in [4.69, 9.17) is 0 Å². The van der Waals surface area contributed by atoms with E-state index in [1.54, 1.807) is 12.3 Å². The van der Waals surface area contributed by atoms with Crippen LogP contribution < -0.4 is 5.32 Å². The van der Waals surface area contributed by atoms with Gasteiger partial charge in [0.05, 0.1) is 12.2 Å². The molecule has 2 atom stereocenters. The zero-order valence-corrected chi connectivity index (χ0v) is 14.1. The molecule has 120 valence electrons. The molecule has 1 N–H and O–H groups in total. The number of hydrogen-bond acceptors (Lipinski definition) is 3. The van der Waals surface area contributed by atoms with Crippen LogP contribution in [-0.4, -0.2) is 35.1 Å². The standard InChI is InChI=1S/C17H30FN3/c1-6-11-20-16(14-10-12-19-13-15(14)18)17(5,7-2)21(8-3)9-4/h10,12-13,16,20H,6-9,11H2,1-5H3. The molecule has 0 fully saturated rings. The topological polar surface area (TPSA) is 28.2 Å². The zero-order chi connectivity index (χ0) is 15.9. The van der Waals surface area contributed by atoms with E-state index >= 15 is 0 Å². The highest BCUT2D eigenvalue weighted by Gasteiger charge is 2.38. The Labute approximate surface area is 129 Å². The van der Waals surface area contributed by atoms with Crippen LogP contribution in [0.2, 0.25) is 0 Å². The maximum Gasteiger partial charge on any atom is 0.146 e. The Bertz CT molecular complexity index is 420. The van der Waals surface area contributed by atoms with Crippen molar-refractivity contribution in [3.05, 3.63) is 29.8 Å². The average molecular weight is 295 g/mol. The van der Waals surface area contributed by atoms with Crippen LogP contribution in [0.5, 0.6) is 0 Å². The third-order valence-electron chi connectivity index (χ3n) is 4.54. The summed E-state index contributed by atoms with van der Waals surface area (Å²) in [6, 6.07) is 1.77. The van der Waals surface area contributed by atoms with Crippen LogP contribution in [0.25, 0.3) is 0 Å². The summed E-state index contributed by atoms with van der Waals surface area (Å²) in [5.74, 6) is -0.224. The normalized spacial score (nSPS) is 16.0. The molecule has 0 bridgehead atoms. The smallest absolute Gasteiger partial charge is 0.146 e. The molecule has 0 aromatic carbocycles. The van der Waals surface area contributed by atoms with Crippen molar-refractivity contribution in [3.63, 3.8) is 0 Å². The maximum atomic E-state index is 14.3. The monoisotopic (exact) mass is 295 g/mol. The predicted octanol–water partition coefficient (Wildman–Crippen LogP) is 3.77. The molecule has 0 saturated heterocycles. The van der Waals surface area contributed by atoms with Crippen molar-refractivity contribution >= 4 is 0 Å². The lowest BCUT2D eigenvalue weighted by molar-refractivity contribution is 0.0684. The van der Waals surface area contributed by atoms with Crippen LogP contribution >= 0.6 is 0 Å². The number of pyridine rings is 1. The molecule has 0 aliphatic heterocycles. The van der Waals surface area contributed by atoms with Gasteiger partial charge < -0.3 is 5.32 Å². The van der Waals surface area contributed by atoms with Crippen LogP contribution in [-0.2, 0) is 0 Å². The number of halogens is 1. The summed E-state index contributed by atoms with van der Waals surface area (Å²) < 4.78 is 14.3. The largest absolute Gasteiger partial charge is 0.308 e. The summed E-state index contributed by atoms with van der Waals surface area (Å²) in [4.78, 5) is 6.30. The number of nitrogens with zero attached hydrogens (tertiary/aromatic N) is 2. The third kappa shape index (κ3) is 4.01. The van der Waals surface area contributed by atoms with Gasteiger partial charge in [-0.2, -0.15) is 0 Å². The maximum absolute atomic E-state index is 14.3. The molecule has 21 heavy (non-hydrogen) atoms. The van der Waals surface area contributed by atoms with Gasteiger partial charge in [0.15, 0.2) is 0 Å². The summed E-state index contributed by atoms with van der Waals surface area (Å²) in [5.41, 5.74) is 0.593. The number of likely N-dealkylation sites (N-methyl/N-ethyl adjacent to an activating group) is 1. The molecule has 1 rings (SSSR count). The third-order valence-corrected chi connectivity index (χ3v) is 4.54. The van der Waals surface area contributed by atoms with E-state index in [0.29, 0.717) is 0 Å². The highest BCUT2D eigenvalue weighted by Crippen LogP contribution is 2.35. The zero-order valence-electron chi connectivity index (χ0n) is 14.1. The highest BCUT2D eigenvalue weighted by molar-refractivity contribution is 5.22. The van der Waals surface area contributed by atoms with Crippen molar-refractivity contribution in [2.75, 3.05) is 19.6 Å². The van der Waals surface area contributed by atoms with Gasteiger partial charge in [0.25, 0.3) is 0 Å². The highest BCUT2D eigenvalue weighted by atomic mass is 19.1. The lowest BCUT2D eigenvalue weighted by atomic mass is 9.82. The van der Waals surface area contributed by atoms with Gasteiger partial charge in [0.2, 0.25) is 0 Å². The molecule has 2 unspecified atom stereocenters. The van der Waals surface area contributed by atoms with E-state index in [1.807, 2.05) is 0 Å². The minimum absolute atomic E-state index is 0.0367. The van der Waals surface area contributed by atoms with Crippen LogP contribution in [0.4, 0.5) is 4.39 Å². The van der Waals surface area contributed by atoms with Gasteiger partial charge in [-0.3, -0.25) is 9.88 Å². The predicted molar refractivity (Wildman–Crippen MR) is 86.8 cm³/mol. The molecular formula is C17H30FN3. The van der Waals surface area contributed by atoms with Crippen LogP contribution in [0.3, 0.4) is 0 Å². The van der Waals surface area contributed by atoms with Gasteiger partial charge in [0.1, 0.15) is 5.82 Å². The van der Waals surface area contributed by atoms with Gasteiger partial charge in [-0.25, -0.2) is 4.39 Å². The quantitative estimate of drug-likeness (QED) is 0.751. The molecule has 0 aliphatic carbocycles. The van der Waals surface area contributed by atoms with Gasteiger partial charge in [0, 0.05) is 17.3 Å². The number of hydrogen-bond donors (Lipinski definition) is 1. The Morgan fingerprint density at radius 1 is 1.29 bits per heavy atom.